The van der Waals surface area contributed by atoms with Crippen molar-refractivity contribution >= 4 is 22.0 Å². The second-order valence-corrected chi connectivity index (χ2v) is 6.42. The predicted molar refractivity (Wildman–Crippen MR) is 80.4 cm³/mol. The van der Waals surface area contributed by atoms with Crippen molar-refractivity contribution in [3.8, 4) is 5.75 Å². The minimum absolute atomic E-state index is 0.0838. The van der Waals surface area contributed by atoms with Crippen LogP contribution in [0.15, 0.2) is 22.7 Å². The molecule has 1 rings (SSSR count). The number of hydrogen-bond acceptors (Lipinski definition) is 2. The Bertz CT molecular complexity index is 442. The zero-order valence-corrected chi connectivity index (χ0v) is 13.4. The fraction of sp³-hybridized carbons (Fsp3) is 0.500. The summed E-state index contributed by atoms with van der Waals surface area (Å²) in [5.41, 5.74) is 1.10. The van der Waals surface area contributed by atoms with Crippen molar-refractivity contribution in [2.45, 2.75) is 27.3 Å². The van der Waals surface area contributed by atoms with E-state index in [0.29, 0.717) is 13.1 Å². The topological polar surface area (TPSA) is 50.4 Å². The molecule has 0 fully saturated rings. The van der Waals surface area contributed by atoms with Crippen LogP contribution in [0.5, 0.6) is 5.75 Å². The molecular weight excluding hydrogens is 308 g/mol. The summed E-state index contributed by atoms with van der Waals surface area (Å²) in [5, 5.41) is 5.67. The van der Waals surface area contributed by atoms with E-state index in [2.05, 4.69) is 47.3 Å². The van der Waals surface area contributed by atoms with Crippen LogP contribution < -0.4 is 15.4 Å². The van der Waals surface area contributed by atoms with Crippen LogP contribution in [0.1, 0.15) is 26.3 Å². The number of nitrogens with one attached hydrogen (secondary N) is 2. The number of carbonyl (C=O) groups is 1. The highest BCUT2D eigenvalue weighted by molar-refractivity contribution is 9.10. The Balaban J connectivity index is 2.44. The number of hydrogen-bond donors (Lipinski definition) is 2. The third-order valence-electron chi connectivity index (χ3n) is 2.45. The number of halogens is 1. The van der Waals surface area contributed by atoms with Crippen LogP contribution in [0.4, 0.5) is 4.79 Å². The fourth-order valence-corrected chi connectivity index (χ4v) is 2.00. The standard InChI is InChI=1S/C14H21BrN2O2/c1-14(2,3)9-17-13(18)16-8-10-5-6-12(19-4)11(15)7-10/h5-7H,8-9H2,1-4H3,(H2,16,17,18). The molecular formula is C14H21BrN2O2. The first-order chi connectivity index (χ1) is 8.81. The maximum atomic E-state index is 11.6. The summed E-state index contributed by atoms with van der Waals surface area (Å²) in [6.45, 7) is 7.36. The zero-order valence-electron chi connectivity index (χ0n) is 11.8. The molecule has 1 aromatic carbocycles. The van der Waals surface area contributed by atoms with Gasteiger partial charge in [0.1, 0.15) is 5.75 Å². The molecule has 0 spiro atoms. The Morgan fingerprint density at radius 1 is 1.32 bits per heavy atom. The molecule has 106 valence electrons. The highest BCUT2D eigenvalue weighted by Gasteiger charge is 2.11. The molecule has 0 aliphatic rings. The molecule has 0 unspecified atom stereocenters. The molecule has 5 heteroatoms. The van der Waals surface area contributed by atoms with Gasteiger partial charge in [0.15, 0.2) is 0 Å². The fourth-order valence-electron chi connectivity index (χ4n) is 1.41. The normalized spacial score (nSPS) is 11.0. The lowest BCUT2D eigenvalue weighted by Crippen LogP contribution is -2.39. The van der Waals surface area contributed by atoms with Gasteiger partial charge >= 0.3 is 6.03 Å². The highest BCUT2D eigenvalue weighted by Crippen LogP contribution is 2.25. The van der Waals surface area contributed by atoms with Gasteiger partial charge in [-0.1, -0.05) is 26.8 Å². The molecule has 0 aliphatic carbocycles. The zero-order chi connectivity index (χ0) is 14.5. The van der Waals surface area contributed by atoms with Crippen molar-refractivity contribution in [3.05, 3.63) is 28.2 Å². The predicted octanol–water partition coefficient (Wildman–Crippen LogP) is 3.30. The van der Waals surface area contributed by atoms with E-state index >= 15 is 0 Å². The van der Waals surface area contributed by atoms with Gasteiger partial charge < -0.3 is 15.4 Å². The average molecular weight is 329 g/mol. The summed E-state index contributed by atoms with van der Waals surface area (Å²) < 4.78 is 6.03. The summed E-state index contributed by atoms with van der Waals surface area (Å²) in [4.78, 5) is 11.6. The van der Waals surface area contributed by atoms with Crippen LogP contribution in [0.3, 0.4) is 0 Å². The number of benzene rings is 1. The van der Waals surface area contributed by atoms with Crippen LogP contribution in [0, 0.1) is 5.41 Å². The second kappa shape index (κ2) is 6.80. The molecule has 0 saturated carbocycles. The van der Waals surface area contributed by atoms with Gasteiger partial charge in [-0.05, 0) is 39.0 Å². The first-order valence-electron chi connectivity index (χ1n) is 6.16. The number of carbonyl (C=O) groups excluding carboxylic acids is 1. The third-order valence-corrected chi connectivity index (χ3v) is 3.07. The molecule has 2 amide bonds. The first kappa shape index (κ1) is 15.8. The smallest absolute Gasteiger partial charge is 0.315 e. The van der Waals surface area contributed by atoms with Crippen molar-refractivity contribution in [2.75, 3.05) is 13.7 Å². The van der Waals surface area contributed by atoms with Crippen molar-refractivity contribution in [1.82, 2.24) is 10.6 Å². The molecule has 0 bridgehead atoms. The SMILES string of the molecule is COc1ccc(CNC(=O)NCC(C)(C)C)cc1Br. The van der Waals surface area contributed by atoms with E-state index in [1.165, 1.54) is 0 Å². The molecule has 1 aromatic rings. The summed E-state index contributed by atoms with van der Waals surface area (Å²) in [5.74, 6) is 0.779. The molecule has 0 saturated heterocycles. The van der Waals surface area contributed by atoms with Gasteiger partial charge in [-0.2, -0.15) is 0 Å². The van der Waals surface area contributed by atoms with E-state index in [1.807, 2.05) is 18.2 Å². The van der Waals surface area contributed by atoms with Gasteiger partial charge in [-0.15, -0.1) is 0 Å². The van der Waals surface area contributed by atoms with Crippen molar-refractivity contribution in [3.63, 3.8) is 0 Å². The molecule has 4 nitrogen and oxygen atoms in total. The molecule has 0 radical (unpaired) electrons. The van der Waals surface area contributed by atoms with Gasteiger partial charge in [-0.25, -0.2) is 4.79 Å². The number of urea groups is 1. The van der Waals surface area contributed by atoms with Crippen LogP contribution >= 0.6 is 15.9 Å². The molecule has 0 aliphatic heterocycles. The van der Waals surface area contributed by atoms with Gasteiger partial charge in [0.2, 0.25) is 0 Å². The van der Waals surface area contributed by atoms with E-state index in [-0.39, 0.29) is 11.4 Å². The van der Waals surface area contributed by atoms with Crippen LogP contribution in [-0.4, -0.2) is 19.7 Å². The number of amides is 2. The maximum Gasteiger partial charge on any atom is 0.315 e. The lowest BCUT2D eigenvalue weighted by Gasteiger charge is -2.19. The van der Waals surface area contributed by atoms with Gasteiger partial charge in [0.05, 0.1) is 11.6 Å². The van der Waals surface area contributed by atoms with Crippen LogP contribution in [0.25, 0.3) is 0 Å². The molecule has 0 aromatic heterocycles. The molecule has 19 heavy (non-hydrogen) atoms. The van der Waals surface area contributed by atoms with Crippen LogP contribution in [-0.2, 0) is 6.54 Å². The third kappa shape index (κ3) is 5.96. The van der Waals surface area contributed by atoms with E-state index in [0.717, 1.165) is 15.8 Å². The van der Waals surface area contributed by atoms with E-state index < -0.39 is 0 Å². The monoisotopic (exact) mass is 328 g/mol. The van der Waals surface area contributed by atoms with E-state index in [4.69, 9.17) is 4.74 Å². The Morgan fingerprint density at radius 2 is 2.00 bits per heavy atom. The summed E-state index contributed by atoms with van der Waals surface area (Å²) in [7, 11) is 1.62. The number of ether oxygens (including phenoxy) is 1. The summed E-state index contributed by atoms with van der Waals surface area (Å²) in [6.07, 6.45) is 0. The van der Waals surface area contributed by atoms with E-state index in [9.17, 15) is 4.79 Å². The lowest BCUT2D eigenvalue weighted by molar-refractivity contribution is 0.235. The maximum absolute atomic E-state index is 11.6. The first-order valence-corrected chi connectivity index (χ1v) is 6.95. The summed E-state index contributed by atoms with van der Waals surface area (Å²) in [6, 6.07) is 5.58. The van der Waals surface area contributed by atoms with Gasteiger partial charge in [0, 0.05) is 13.1 Å². The van der Waals surface area contributed by atoms with Gasteiger partial charge in [-0.3, -0.25) is 0 Å². The van der Waals surface area contributed by atoms with Gasteiger partial charge in [0.25, 0.3) is 0 Å². The Morgan fingerprint density at radius 3 is 2.53 bits per heavy atom. The average Bonchev–Trinajstić information content (AvgIpc) is 2.33. The highest BCUT2D eigenvalue weighted by atomic mass is 79.9. The molecule has 0 atom stereocenters. The van der Waals surface area contributed by atoms with E-state index in [1.54, 1.807) is 7.11 Å². The molecule has 2 N–H and O–H groups in total. The number of rotatable bonds is 4. The van der Waals surface area contributed by atoms with Crippen molar-refractivity contribution in [1.29, 1.82) is 0 Å². The minimum atomic E-state index is -0.151. The Hall–Kier alpha value is -1.23. The minimum Gasteiger partial charge on any atom is -0.496 e. The van der Waals surface area contributed by atoms with Crippen LogP contribution in [0.2, 0.25) is 0 Å². The Kier molecular flexibility index (Phi) is 5.66. The molecule has 0 heterocycles. The van der Waals surface area contributed by atoms with Crippen molar-refractivity contribution < 1.29 is 9.53 Å². The second-order valence-electron chi connectivity index (χ2n) is 5.57. The Labute approximate surface area is 123 Å². The van der Waals surface area contributed by atoms with Crippen molar-refractivity contribution in [2.24, 2.45) is 5.41 Å². The number of methoxy groups -OCH3 is 1. The quantitative estimate of drug-likeness (QED) is 0.890. The lowest BCUT2D eigenvalue weighted by atomic mass is 9.97. The summed E-state index contributed by atoms with van der Waals surface area (Å²) >= 11 is 3.42. The largest absolute Gasteiger partial charge is 0.496 e.